The first kappa shape index (κ1) is 20.5. The second kappa shape index (κ2) is 7.83. The van der Waals surface area contributed by atoms with Crippen LogP contribution in [0.3, 0.4) is 0 Å². The van der Waals surface area contributed by atoms with Gasteiger partial charge in [-0.25, -0.2) is 8.42 Å². The van der Waals surface area contributed by atoms with E-state index in [0.717, 1.165) is 30.5 Å². The van der Waals surface area contributed by atoms with Crippen molar-refractivity contribution in [3.05, 3.63) is 42.0 Å². The van der Waals surface area contributed by atoms with Crippen LogP contribution in [0, 0.1) is 5.92 Å². The third-order valence-electron chi connectivity index (χ3n) is 5.87. The number of benzene rings is 2. The molecule has 4 rings (SSSR count). The van der Waals surface area contributed by atoms with Crippen molar-refractivity contribution >= 4 is 27.3 Å². The molecule has 0 saturated heterocycles. The van der Waals surface area contributed by atoms with E-state index in [4.69, 9.17) is 9.47 Å². The van der Waals surface area contributed by atoms with Gasteiger partial charge in [-0.3, -0.25) is 9.52 Å². The molecule has 0 aromatic heterocycles. The first-order valence-corrected chi connectivity index (χ1v) is 11.5. The van der Waals surface area contributed by atoms with Crippen LogP contribution in [0.25, 0.3) is 0 Å². The highest BCUT2D eigenvalue weighted by atomic mass is 32.2. The second-order valence-electron chi connectivity index (χ2n) is 7.89. The van der Waals surface area contributed by atoms with Gasteiger partial charge in [0.2, 0.25) is 5.91 Å². The highest BCUT2D eigenvalue weighted by Crippen LogP contribution is 2.38. The zero-order valence-electron chi connectivity index (χ0n) is 17.3. The van der Waals surface area contributed by atoms with E-state index in [2.05, 4.69) is 4.72 Å². The molecule has 7 nitrogen and oxygen atoms in total. The van der Waals surface area contributed by atoms with Crippen LogP contribution in [0.5, 0.6) is 11.5 Å². The molecule has 2 aromatic carbocycles. The first-order valence-electron chi connectivity index (χ1n) is 10.0. The zero-order chi connectivity index (χ0) is 21.5. The number of sulfonamides is 1. The maximum Gasteiger partial charge on any atom is 0.261 e. The van der Waals surface area contributed by atoms with Crippen molar-refractivity contribution in [3.63, 3.8) is 0 Å². The van der Waals surface area contributed by atoms with Crippen LogP contribution in [-0.2, 0) is 21.2 Å². The lowest BCUT2D eigenvalue weighted by molar-refractivity contribution is -0.125. The monoisotopic (exact) mass is 430 g/mol. The Labute approximate surface area is 177 Å². The molecule has 8 heteroatoms. The Morgan fingerprint density at radius 2 is 1.73 bits per heavy atom. The molecule has 0 bridgehead atoms. The molecule has 0 spiro atoms. The quantitative estimate of drug-likeness (QED) is 0.757. The Morgan fingerprint density at radius 1 is 1.07 bits per heavy atom. The molecule has 160 valence electrons. The molecule has 1 atom stereocenters. The van der Waals surface area contributed by atoms with Crippen LogP contribution in [0.15, 0.2) is 41.3 Å². The largest absolute Gasteiger partial charge is 0.497 e. The van der Waals surface area contributed by atoms with Crippen molar-refractivity contribution in [1.29, 1.82) is 0 Å². The van der Waals surface area contributed by atoms with Gasteiger partial charge in [0.25, 0.3) is 10.0 Å². The molecule has 1 amide bonds. The number of hydrogen-bond donors (Lipinski definition) is 1. The standard InChI is InChI=1S/C22H26N2O5S/c1-14-9-16-10-20(7-8-21(16)24(14)22(25)15-5-4-6-15)30(26,27)23-17-11-18(28-2)13-19(12-17)29-3/h7-8,10-15,23H,4-6,9H2,1-3H3/t14-/m0/s1. The normalized spacial score (nSPS) is 18.5. The zero-order valence-corrected chi connectivity index (χ0v) is 18.2. The lowest BCUT2D eigenvalue weighted by atomic mass is 9.84. The van der Waals surface area contributed by atoms with Crippen LogP contribution in [0.2, 0.25) is 0 Å². The maximum atomic E-state index is 13.0. The fraction of sp³-hybridized carbons (Fsp3) is 0.409. The number of carbonyl (C=O) groups is 1. The molecule has 1 aliphatic heterocycles. The number of carbonyl (C=O) groups excluding carboxylic acids is 1. The van der Waals surface area contributed by atoms with E-state index < -0.39 is 10.0 Å². The Morgan fingerprint density at radius 3 is 2.30 bits per heavy atom. The molecular formula is C22H26N2O5S. The van der Waals surface area contributed by atoms with E-state index in [1.807, 2.05) is 11.8 Å². The summed E-state index contributed by atoms with van der Waals surface area (Å²) in [6.07, 6.45) is 3.63. The Balaban J connectivity index is 1.61. The van der Waals surface area contributed by atoms with Gasteiger partial charge in [0.1, 0.15) is 11.5 Å². The number of ether oxygens (including phenoxy) is 2. The van der Waals surface area contributed by atoms with Crippen molar-refractivity contribution in [3.8, 4) is 11.5 Å². The minimum Gasteiger partial charge on any atom is -0.497 e. The molecule has 1 aliphatic carbocycles. The summed E-state index contributed by atoms with van der Waals surface area (Å²) in [7, 11) is -0.804. The fourth-order valence-electron chi connectivity index (χ4n) is 4.04. The highest BCUT2D eigenvalue weighted by Gasteiger charge is 2.37. The molecule has 30 heavy (non-hydrogen) atoms. The number of nitrogens with one attached hydrogen (secondary N) is 1. The van der Waals surface area contributed by atoms with Gasteiger partial charge in [-0.05, 0) is 49.9 Å². The molecule has 0 radical (unpaired) electrons. The summed E-state index contributed by atoms with van der Waals surface area (Å²) >= 11 is 0. The third kappa shape index (κ3) is 3.71. The van der Waals surface area contributed by atoms with E-state index in [0.29, 0.717) is 23.6 Å². The predicted octanol–water partition coefficient (Wildman–Crippen LogP) is 3.58. The van der Waals surface area contributed by atoms with Gasteiger partial charge in [0.05, 0.1) is 24.8 Å². The van der Waals surface area contributed by atoms with Crippen molar-refractivity contribution in [2.24, 2.45) is 5.92 Å². The number of amides is 1. The summed E-state index contributed by atoms with van der Waals surface area (Å²) in [6, 6.07) is 9.85. The van der Waals surface area contributed by atoms with E-state index in [9.17, 15) is 13.2 Å². The molecule has 2 aliphatic rings. The average Bonchev–Trinajstić information content (AvgIpc) is 3.00. The molecule has 1 heterocycles. The van der Waals surface area contributed by atoms with Crippen molar-refractivity contribution < 1.29 is 22.7 Å². The number of anilines is 2. The maximum absolute atomic E-state index is 13.0. The number of rotatable bonds is 6. The van der Waals surface area contributed by atoms with Gasteiger partial charge in [-0.2, -0.15) is 0 Å². The van der Waals surface area contributed by atoms with Crippen LogP contribution in [0.1, 0.15) is 31.7 Å². The van der Waals surface area contributed by atoms with Crippen LogP contribution >= 0.6 is 0 Å². The molecular weight excluding hydrogens is 404 g/mol. The summed E-state index contributed by atoms with van der Waals surface area (Å²) in [4.78, 5) is 14.8. The summed E-state index contributed by atoms with van der Waals surface area (Å²) in [5.41, 5.74) is 2.05. The van der Waals surface area contributed by atoms with Crippen LogP contribution in [0.4, 0.5) is 11.4 Å². The van der Waals surface area contributed by atoms with Gasteiger partial charge in [-0.1, -0.05) is 6.42 Å². The van der Waals surface area contributed by atoms with E-state index in [1.165, 1.54) is 14.2 Å². The average molecular weight is 431 g/mol. The Hall–Kier alpha value is -2.74. The summed E-state index contributed by atoms with van der Waals surface area (Å²) < 4.78 is 39.0. The molecule has 1 N–H and O–H groups in total. The van der Waals surface area contributed by atoms with Crippen molar-refractivity contribution in [2.75, 3.05) is 23.8 Å². The minimum absolute atomic E-state index is 0.0293. The van der Waals surface area contributed by atoms with Gasteiger partial charge >= 0.3 is 0 Å². The lowest BCUT2D eigenvalue weighted by Crippen LogP contribution is -2.42. The van der Waals surface area contributed by atoms with E-state index in [-0.39, 0.29) is 22.8 Å². The summed E-state index contributed by atoms with van der Waals surface area (Å²) in [6.45, 7) is 2.01. The van der Waals surface area contributed by atoms with E-state index in [1.54, 1.807) is 36.4 Å². The summed E-state index contributed by atoms with van der Waals surface area (Å²) in [5.74, 6) is 1.23. The van der Waals surface area contributed by atoms with Gasteiger partial charge < -0.3 is 14.4 Å². The number of fused-ring (bicyclic) bond motifs is 1. The Bertz CT molecular complexity index is 1060. The molecule has 0 unspecified atom stereocenters. The number of hydrogen-bond acceptors (Lipinski definition) is 5. The minimum atomic E-state index is -3.81. The van der Waals surface area contributed by atoms with Crippen LogP contribution in [-0.4, -0.2) is 34.6 Å². The lowest BCUT2D eigenvalue weighted by Gasteiger charge is -2.32. The third-order valence-corrected chi connectivity index (χ3v) is 7.25. The van der Waals surface area contributed by atoms with Crippen molar-refractivity contribution in [1.82, 2.24) is 0 Å². The van der Waals surface area contributed by atoms with Crippen molar-refractivity contribution in [2.45, 2.75) is 43.5 Å². The summed E-state index contributed by atoms with van der Waals surface area (Å²) in [5, 5.41) is 0. The topological polar surface area (TPSA) is 84.9 Å². The van der Waals surface area contributed by atoms with E-state index >= 15 is 0 Å². The first-order chi connectivity index (χ1) is 14.3. The molecule has 1 saturated carbocycles. The van der Waals surface area contributed by atoms with Crippen LogP contribution < -0.4 is 19.1 Å². The molecule has 2 aromatic rings. The SMILES string of the molecule is COc1cc(NS(=O)(=O)c2ccc3c(c2)C[C@H](C)N3C(=O)C2CCC2)cc(OC)c1. The van der Waals surface area contributed by atoms with Gasteiger partial charge in [0, 0.05) is 35.8 Å². The number of methoxy groups -OCH3 is 2. The van der Waals surface area contributed by atoms with Gasteiger partial charge in [0.15, 0.2) is 0 Å². The number of nitrogens with zero attached hydrogens (tertiary/aromatic N) is 1. The highest BCUT2D eigenvalue weighted by molar-refractivity contribution is 7.92. The second-order valence-corrected chi connectivity index (χ2v) is 9.57. The van der Waals surface area contributed by atoms with Gasteiger partial charge in [-0.15, -0.1) is 0 Å². The Kier molecular flexibility index (Phi) is 5.36. The molecule has 1 fully saturated rings. The fourth-order valence-corrected chi connectivity index (χ4v) is 5.13. The smallest absolute Gasteiger partial charge is 0.261 e. The predicted molar refractivity (Wildman–Crippen MR) is 115 cm³/mol.